The lowest BCUT2D eigenvalue weighted by Crippen LogP contribution is -2.27. The van der Waals surface area contributed by atoms with E-state index >= 15 is 0 Å². The van der Waals surface area contributed by atoms with Crippen LogP contribution >= 0.6 is 0 Å². The highest BCUT2D eigenvalue weighted by Gasteiger charge is 2.01. The van der Waals surface area contributed by atoms with Crippen molar-refractivity contribution in [3.63, 3.8) is 0 Å². The molecule has 1 unspecified atom stereocenters. The van der Waals surface area contributed by atoms with Crippen molar-refractivity contribution in [1.29, 1.82) is 0 Å². The monoisotopic (exact) mass is 217 g/mol. The van der Waals surface area contributed by atoms with Gasteiger partial charge < -0.3 is 19.9 Å². The Morgan fingerprint density at radius 1 is 1.60 bits per heavy atom. The Bertz CT molecular complexity index is 184. The molecule has 0 saturated heterocycles. The van der Waals surface area contributed by atoms with Crippen LogP contribution in [0.2, 0.25) is 0 Å². The number of hydrogen-bond acceptors (Lipinski definition) is 4. The summed E-state index contributed by atoms with van der Waals surface area (Å²) in [6.07, 6.45) is 1.74. The number of ether oxygens (including phenoxy) is 2. The first kappa shape index (κ1) is 13.9. The third-order valence-corrected chi connectivity index (χ3v) is 1.61. The quantitative estimate of drug-likeness (QED) is 0.362. The normalized spacial score (nSPS) is 11.9. The third-order valence-electron chi connectivity index (χ3n) is 1.61. The number of unbranched alkanes of at least 4 members (excludes halogenated alkanes) is 1. The molecule has 0 spiro atoms. The second-order valence-electron chi connectivity index (χ2n) is 2.91. The Labute approximate surface area is 90.1 Å². The fraction of sp³-hybridized carbons (Fsp3) is 0.700. The molecule has 1 atom stereocenters. The number of amides is 1. The number of aliphatic hydroxyl groups excluding tert-OH is 1. The predicted molar refractivity (Wildman–Crippen MR) is 56.4 cm³/mol. The van der Waals surface area contributed by atoms with E-state index in [-0.39, 0.29) is 13.2 Å². The van der Waals surface area contributed by atoms with Crippen LogP contribution in [0.4, 0.5) is 4.79 Å². The van der Waals surface area contributed by atoms with Crippen LogP contribution in [0, 0.1) is 0 Å². The van der Waals surface area contributed by atoms with Crippen molar-refractivity contribution >= 4 is 6.09 Å². The zero-order chi connectivity index (χ0) is 11.5. The maximum absolute atomic E-state index is 11.0. The molecule has 1 amide bonds. The molecule has 0 saturated carbocycles. The molecule has 88 valence electrons. The molecular formula is C10H19NO4. The van der Waals surface area contributed by atoms with Gasteiger partial charge in [-0.25, -0.2) is 4.79 Å². The first-order valence-corrected chi connectivity index (χ1v) is 5.03. The van der Waals surface area contributed by atoms with Gasteiger partial charge in [0.15, 0.2) is 6.29 Å². The van der Waals surface area contributed by atoms with Gasteiger partial charge in [-0.15, -0.1) is 0 Å². The first-order valence-electron chi connectivity index (χ1n) is 5.03. The predicted octanol–water partition coefficient (Wildman–Crippen LogP) is 1.03. The van der Waals surface area contributed by atoms with E-state index < -0.39 is 12.4 Å². The molecule has 0 bridgehead atoms. The lowest BCUT2D eigenvalue weighted by Gasteiger charge is -2.08. The molecule has 0 heterocycles. The van der Waals surface area contributed by atoms with Crippen LogP contribution in [-0.2, 0) is 9.47 Å². The Kier molecular flexibility index (Phi) is 8.81. The summed E-state index contributed by atoms with van der Waals surface area (Å²) in [4.78, 5) is 11.0. The van der Waals surface area contributed by atoms with E-state index in [1.165, 1.54) is 6.08 Å². The van der Waals surface area contributed by atoms with E-state index in [9.17, 15) is 4.79 Å². The average molecular weight is 217 g/mol. The van der Waals surface area contributed by atoms with Gasteiger partial charge >= 0.3 is 6.09 Å². The summed E-state index contributed by atoms with van der Waals surface area (Å²) in [7, 11) is 0. The fourth-order valence-electron chi connectivity index (χ4n) is 0.790. The number of hydrogen-bond donors (Lipinski definition) is 2. The standard InChI is InChI=1S/C10H19NO4/c1-3-5-6-11-10(13)15-8-7-14-9(12)4-2/h4,9,12H,2-3,5-8H2,1H3,(H,11,13). The number of carbonyl (C=O) groups excluding carboxylic acids is 1. The molecule has 0 aliphatic rings. The van der Waals surface area contributed by atoms with E-state index in [0.29, 0.717) is 6.54 Å². The minimum Gasteiger partial charge on any atom is -0.447 e. The molecule has 15 heavy (non-hydrogen) atoms. The van der Waals surface area contributed by atoms with Crippen molar-refractivity contribution in [2.75, 3.05) is 19.8 Å². The molecular weight excluding hydrogens is 198 g/mol. The smallest absolute Gasteiger partial charge is 0.407 e. The van der Waals surface area contributed by atoms with Gasteiger partial charge in [0.05, 0.1) is 6.61 Å². The zero-order valence-corrected chi connectivity index (χ0v) is 9.07. The molecule has 0 rings (SSSR count). The van der Waals surface area contributed by atoms with Crippen molar-refractivity contribution < 1.29 is 19.4 Å². The lowest BCUT2D eigenvalue weighted by atomic mass is 10.3. The van der Waals surface area contributed by atoms with E-state index in [1.807, 2.05) is 6.92 Å². The molecule has 0 aliphatic heterocycles. The summed E-state index contributed by atoms with van der Waals surface area (Å²) in [5.74, 6) is 0. The number of aliphatic hydroxyl groups is 1. The molecule has 0 aromatic carbocycles. The Morgan fingerprint density at radius 2 is 2.33 bits per heavy atom. The summed E-state index contributed by atoms with van der Waals surface area (Å²) < 4.78 is 9.56. The van der Waals surface area contributed by atoms with Crippen LogP contribution in [-0.4, -0.2) is 37.2 Å². The Morgan fingerprint density at radius 3 is 2.93 bits per heavy atom. The summed E-state index contributed by atoms with van der Waals surface area (Å²) in [5, 5.41) is 11.5. The molecule has 0 aromatic heterocycles. The molecule has 0 fully saturated rings. The Hall–Kier alpha value is -1.07. The number of nitrogens with one attached hydrogen (secondary N) is 1. The van der Waals surface area contributed by atoms with Crippen molar-refractivity contribution in [3.05, 3.63) is 12.7 Å². The lowest BCUT2D eigenvalue weighted by molar-refractivity contribution is -0.0743. The highest BCUT2D eigenvalue weighted by atomic mass is 16.6. The van der Waals surface area contributed by atoms with Gasteiger partial charge in [0.1, 0.15) is 6.61 Å². The van der Waals surface area contributed by atoms with Crippen molar-refractivity contribution in [3.8, 4) is 0 Å². The largest absolute Gasteiger partial charge is 0.447 e. The minimum absolute atomic E-state index is 0.114. The molecule has 5 nitrogen and oxygen atoms in total. The molecule has 0 aromatic rings. The molecule has 0 radical (unpaired) electrons. The average Bonchev–Trinajstić information content (AvgIpc) is 2.24. The van der Waals surface area contributed by atoms with Gasteiger partial charge in [0, 0.05) is 6.54 Å². The van der Waals surface area contributed by atoms with E-state index in [2.05, 4.69) is 11.9 Å². The minimum atomic E-state index is -1.00. The molecule has 5 heteroatoms. The zero-order valence-electron chi connectivity index (χ0n) is 9.07. The Balaban J connectivity index is 3.27. The van der Waals surface area contributed by atoms with Crippen LogP contribution in [0.3, 0.4) is 0 Å². The van der Waals surface area contributed by atoms with Crippen LogP contribution in [0.5, 0.6) is 0 Å². The highest BCUT2D eigenvalue weighted by molar-refractivity contribution is 5.66. The van der Waals surface area contributed by atoms with Crippen LogP contribution < -0.4 is 5.32 Å². The van der Waals surface area contributed by atoms with Gasteiger partial charge in [-0.1, -0.05) is 19.9 Å². The highest BCUT2D eigenvalue weighted by Crippen LogP contribution is 1.88. The summed E-state index contributed by atoms with van der Waals surface area (Å²) in [6.45, 7) is 6.25. The van der Waals surface area contributed by atoms with Gasteiger partial charge in [-0.2, -0.15) is 0 Å². The molecule has 0 aliphatic carbocycles. The number of carbonyl (C=O) groups is 1. The fourth-order valence-corrected chi connectivity index (χ4v) is 0.790. The van der Waals surface area contributed by atoms with Crippen molar-refractivity contribution in [1.82, 2.24) is 5.32 Å². The van der Waals surface area contributed by atoms with Gasteiger partial charge in [-0.05, 0) is 12.5 Å². The van der Waals surface area contributed by atoms with Crippen LogP contribution in [0.1, 0.15) is 19.8 Å². The first-order chi connectivity index (χ1) is 7.20. The topological polar surface area (TPSA) is 67.8 Å². The van der Waals surface area contributed by atoms with Gasteiger partial charge in [0.25, 0.3) is 0 Å². The van der Waals surface area contributed by atoms with Crippen molar-refractivity contribution in [2.24, 2.45) is 0 Å². The maximum Gasteiger partial charge on any atom is 0.407 e. The third kappa shape index (κ3) is 9.24. The van der Waals surface area contributed by atoms with E-state index in [4.69, 9.17) is 14.6 Å². The number of alkyl carbamates (subject to hydrolysis) is 1. The van der Waals surface area contributed by atoms with Crippen LogP contribution in [0.15, 0.2) is 12.7 Å². The number of rotatable bonds is 8. The van der Waals surface area contributed by atoms with E-state index in [1.54, 1.807) is 0 Å². The molecule has 2 N–H and O–H groups in total. The van der Waals surface area contributed by atoms with E-state index in [0.717, 1.165) is 12.8 Å². The maximum atomic E-state index is 11.0. The summed E-state index contributed by atoms with van der Waals surface area (Å²) >= 11 is 0. The summed E-state index contributed by atoms with van der Waals surface area (Å²) in [5.41, 5.74) is 0. The van der Waals surface area contributed by atoms with Gasteiger partial charge in [0.2, 0.25) is 0 Å². The van der Waals surface area contributed by atoms with Crippen molar-refractivity contribution in [2.45, 2.75) is 26.1 Å². The SMILES string of the molecule is C=CC(O)OCCOC(=O)NCCCC. The second-order valence-corrected chi connectivity index (χ2v) is 2.91. The second kappa shape index (κ2) is 9.48. The van der Waals surface area contributed by atoms with Crippen LogP contribution in [0.25, 0.3) is 0 Å². The summed E-state index contributed by atoms with van der Waals surface area (Å²) in [6, 6.07) is 0. The van der Waals surface area contributed by atoms with Gasteiger partial charge in [-0.3, -0.25) is 0 Å².